The average Bonchev–Trinajstić information content (AvgIpc) is 2.69. The topological polar surface area (TPSA) is 80.3 Å². The fraction of sp³-hybridized carbons (Fsp3) is 0.150. The van der Waals surface area contributed by atoms with Crippen LogP contribution in [0.3, 0.4) is 0 Å². The molecule has 0 radical (unpaired) electrons. The van der Waals surface area contributed by atoms with E-state index in [0.717, 1.165) is 16.0 Å². The van der Waals surface area contributed by atoms with E-state index in [1.54, 1.807) is 31.5 Å². The fourth-order valence-corrected chi connectivity index (χ4v) is 4.13. The Morgan fingerprint density at radius 1 is 1.22 bits per heavy atom. The largest absolute Gasteiger partial charge is 0.494 e. The van der Waals surface area contributed by atoms with E-state index in [1.807, 2.05) is 30.3 Å². The van der Waals surface area contributed by atoms with Gasteiger partial charge in [-0.25, -0.2) is 0 Å². The first-order valence-corrected chi connectivity index (χ1v) is 9.32. The van der Waals surface area contributed by atoms with Crippen molar-refractivity contribution < 1.29 is 14.3 Å². The quantitative estimate of drug-likeness (QED) is 0.723. The number of carbonyl (C=O) groups excluding carboxylic acids is 2. The van der Waals surface area contributed by atoms with Crippen LogP contribution in [0.15, 0.2) is 59.6 Å². The molecule has 136 valence electrons. The molecular weight excluding hydrogens is 362 g/mol. The van der Waals surface area contributed by atoms with E-state index in [4.69, 9.17) is 4.74 Å². The molecular formula is C20H17N3O3S. The van der Waals surface area contributed by atoms with Gasteiger partial charge < -0.3 is 15.4 Å². The minimum absolute atomic E-state index is 0.0820. The number of nitrogens with one attached hydrogen (secondary N) is 2. The highest BCUT2D eigenvalue weighted by Crippen LogP contribution is 2.37. The third-order valence-corrected chi connectivity index (χ3v) is 5.58. The van der Waals surface area contributed by atoms with Crippen LogP contribution in [-0.2, 0) is 9.59 Å². The van der Waals surface area contributed by atoms with Crippen molar-refractivity contribution in [3.05, 3.63) is 54.7 Å². The van der Waals surface area contributed by atoms with Gasteiger partial charge in [-0.15, -0.1) is 11.8 Å². The molecule has 1 aliphatic rings. The number of fused-ring (bicyclic) bond motifs is 2. The van der Waals surface area contributed by atoms with Crippen molar-refractivity contribution in [1.29, 1.82) is 0 Å². The van der Waals surface area contributed by atoms with Crippen LogP contribution < -0.4 is 15.4 Å². The predicted octanol–water partition coefficient (Wildman–Crippen LogP) is 3.69. The summed E-state index contributed by atoms with van der Waals surface area (Å²) < 4.78 is 5.32. The molecule has 1 unspecified atom stereocenters. The van der Waals surface area contributed by atoms with Crippen LogP contribution in [0.4, 0.5) is 11.4 Å². The second-order valence-electron chi connectivity index (χ2n) is 6.06. The Hall–Kier alpha value is -3.06. The Balaban J connectivity index is 1.52. The van der Waals surface area contributed by atoms with Gasteiger partial charge in [0.15, 0.2) is 0 Å². The summed E-state index contributed by atoms with van der Waals surface area (Å²) in [6.07, 6.45) is 1.76. The van der Waals surface area contributed by atoms with Gasteiger partial charge in [0.2, 0.25) is 11.8 Å². The number of para-hydroxylation sites is 1. The zero-order chi connectivity index (χ0) is 18.8. The molecule has 27 heavy (non-hydrogen) atoms. The summed E-state index contributed by atoms with van der Waals surface area (Å²) in [7, 11) is 1.58. The second-order valence-corrected chi connectivity index (χ2v) is 7.30. The number of benzene rings is 2. The Morgan fingerprint density at radius 3 is 2.93 bits per heavy atom. The van der Waals surface area contributed by atoms with Crippen molar-refractivity contribution in [3.63, 3.8) is 0 Å². The number of hydrogen-bond acceptors (Lipinski definition) is 5. The van der Waals surface area contributed by atoms with E-state index < -0.39 is 5.25 Å². The van der Waals surface area contributed by atoms with E-state index >= 15 is 0 Å². The molecule has 2 N–H and O–H groups in total. The van der Waals surface area contributed by atoms with Gasteiger partial charge in [0.1, 0.15) is 11.3 Å². The van der Waals surface area contributed by atoms with Crippen molar-refractivity contribution >= 4 is 45.9 Å². The minimum Gasteiger partial charge on any atom is -0.494 e. The van der Waals surface area contributed by atoms with Crippen molar-refractivity contribution in [2.45, 2.75) is 16.6 Å². The van der Waals surface area contributed by atoms with Crippen LogP contribution in [0.2, 0.25) is 0 Å². The molecule has 2 aromatic carbocycles. The highest BCUT2D eigenvalue weighted by molar-refractivity contribution is 8.01. The Bertz CT molecular complexity index is 1040. The minimum atomic E-state index is -0.470. The summed E-state index contributed by atoms with van der Waals surface area (Å²) in [6, 6.07) is 14.8. The summed E-state index contributed by atoms with van der Waals surface area (Å²) >= 11 is 1.41. The van der Waals surface area contributed by atoms with E-state index in [0.29, 0.717) is 17.0 Å². The summed E-state index contributed by atoms with van der Waals surface area (Å²) in [6.45, 7) is 0. The molecule has 2 amide bonds. The molecule has 1 aromatic heterocycles. The summed E-state index contributed by atoms with van der Waals surface area (Å²) in [5.74, 6) is 0.259. The van der Waals surface area contributed by atoms with Crippen LogP contribution in [-0.4, -0.2) is 29.2 Å². The predicted molar refractivity (Wildman–Crippen MR) is 106 cm³/mol. The molecule has 1 atom stereocenters. The van der Waals surface area contributed by atoms with E-state index in [9.17, 15) is 9.59 Å². The molecule has 0 bridgehead atoms. The number of thioether (sulfide) groups is 1. The Labute approximate surface area is 160 Å². The van der Waals surface area contributed by atoms with Gasteiger partial charge >= 0.3 is 0 Å². The molecule has 6 nitrogen and oxygen atoms in total. The molecule has 3 aromatic rings. The Morgan fingerprint density at radius 2 is 2.07 bits per heavy atom. The lowest BCUT2D eigenvalue weighted by Gasteiger charge is -2.23. The number of amides is 2. The third-order valence-electron chi connectivity index (χ3n) is 4.30. The van der Waals surface area contributed by atoms with Gasteiger partial charge in [0.05, 0.1) is 23.7 Å². The number of rotatable bonds is 4. The van der Waals surface area contributed by atoms with E-state index in [-0.39, 0.29) is 18.2 Å². The number of anilines is 2. The van der Waals surface area contributed by atoms with Crippen LogP contribution in [0.1, 0.15) is 6.42 Å². The van der Waals surface area contributed by atoms with Crippen molar-refractivity contribution in [2.24, 2.45) is 0 Å². The highest BCUT2D eigenvalue weighted by atomic mass is 32.2. The number of hydrogen-bond donors (Lipinski definition) is 2. The maximum atomic E-state index is 12.6. The lowest BCUT2D eigenvalue weighted by atomic mass is 10.1. The first kappa shape index (κ1) is 17.4. The van der Waals surface area contributed by atoms with Crippen LogP contribution in [0, 0.1) is 0 Å². The maximum absolute atomic E-state index is 12.6. The molecule has 0 saturated heterocycles. The van der Waals surface area contributed by atoms with Gasteiger partial charge in [-0.2, -0.15) is 0 Å². The molecule has 0 saturated carbocycles. The Kier molecular flexibility index (Phi) is 4.68. The zero-order valence-corrected chi connectivity index (χ0v) is 15.4. The smallest absolute Gasteiger partial charge is 0.238 e. The molecule has 0 spiro atoms. The van der Waals surface area contributed by atoms with Gasteiger partial charge in [-0.05, 0) is 36.4 Å². The second kappa shape index (κ2) is 7.28. The number of ether oxygens (including phenoxy) is 1. The lowest BCUT2D eigenvalue weighted by Crippen LogP contribution is -2.32. The monoisotopic (exact) mass is 379 g/mol. The average molecular weight is 379 g/mol. The van der Waals surface area contributed by atoms with Gasteiger partial charge in [-0.1, -0.05) is 12.1 Å². The van der Waals surface area contributed by atoms with Crippen molar-refractivity contribution in [3.8, 4) is 5.75 Å². The molecule has 1 aliphatic heterocycles. The van der Waals surface area contributed by atoms with Crippen LogP contribution in [0.5, 0.6) is 5.75 Å². The number of nitrogens with zero attached hydrogens (tertiary/aromatic N) is 1. The number of carbonyl (C=O) groups is 2. The SMILES string of the molecule is COc1ccc(NC(=O)CC2Sc3ccccc3NC2=O)c2cccnc12. The molecule has 2 heterocycles. The summed E-state index contributed by atoms with van der Waals surface area (Å²) in [5.41, 5.74) is 2.11. The van der Waals surface area contributed by atoms with E-state index in [1.165, 1.54) is 11.8 Å². The standard InChI is InChI=1S/C20H17N3O3S/c1-26-15-9-8-13(12-5-4-10-21-19(12)15)22-18(24)11-17-20(25)23-14-6-2-3-7-16(14)27-17/h2-10,17H,11H2,1H3,(H,22,24)(H,23,25). The number of pyridine rings is 1. The van der Waals surface area contributed by atoms with Crippen molar-refractivity contribution in [1.82, 2.24) is 4.98 Å². The maximum Gasteiger partial charge on any atom is 0.238 e. The molecule has 7 heteroatoms. The summed E-state index contributed by atoms with van der Waals surface area (Å²) in [5, 5.41) is 6.08. The molecule has 0 fully saturated rings. The normalized spacial score (nSPS) is 15.7. The zero-order valence-electron chi connectivity index (χ0n) is 14.6. The van der Waals surface area contributed by atoms with Crippen molar-refractivity contribution in [2.75, 3.05) is 17.7 Å². The van der Waals surface area contributed by atoms with Crippen LogP contribution >= 0.6 is 11.8 Å². The third kappa shape index (κ3) is 3.46. The molecule has 0 aliphatic carbocycles. The number of aromatic nitrogens is 1. The highest BCUT2D eigenvalue weighted by Gasteiger charge is 2.29. The van der Waals surface area contributed by atoms with Crippen LogP contribution in [0.25, 0.3) is 10.9 Å². The fourth-order valence-electron chi connectivity index (χ4n) is 3.02. The first-order chi connectivity index (χ1) is 13.2. The lowest BCUT2D eigenvalue weighted by molar-refractivity contribution is -0.120. The molecule has 4 rings (SSSR count). The van der Waals surface area contributed by atoms with Gasteiger partial charge in [-0.3, -0.25) is 14.6 Å². The first-order valence-electron chi connectivity index (χ1n) is 8.44. The number of methoxy groups -OCH3 is 1. The van der Waals surface area contributed by atoms with E-state index in [2.05, 4.69) is 15.6 Å². The van der Waals surface area contributed by atoms with Gasteiger partial charge in [0.25, 0.3) is 0 Å². The summed E-state index contributed by atoms with van der Waals surface area (Å²) in [4.78, 5) is 30.2. The van der Waals surface area contributed by atoms with Gasteiger partial charge in [0, 0.05) is 22.9 Å².